The maximum atomic E-state index is 12.4. The first-order valence-corrected chi connectivity index (χ1v) is 8.46. The zero-order chi connectivity index (χ0) is 17.3. The molecule has 4 rings (SSSR count). The molecule has 2 aliphatic rings. The van der Waals surface area contributed by atoms with E-state index in [-0.39, 0.29) is 18.5 Å². The molecule has 1 amide bonds. The predicted molar refractivity (Wildman–Crippen MR) is 91.3 cm³/mol. The number of ether oxygens (including phenoxy) is 2. The van der Waals surface area contributed by atoms with Crippen LogP contribution < -0.4 is 4.74 Å². The van der Waals surface area contributed by atoms with Gasteiger partial charge in [-0.25, -0.2) is 4.79 Å². The minimum atomic E-state index is -0.579. The Labute approximate surface area is 146 Å². The summed E-state index contributed by atoms with van der Waals surface area (Å²) in [7, 11) is 0. The molecular weight excluding hydrogens is 318 g/mol. The molecule has 0 radical (unpaired) electrons. The van der Waals surface area contributed by atoms with Gasteiger partial charge in [0.1, 0.15) is 11.4 Å². The van der Waals surface area contributed by atoms with Crippen LogP contribution in [0.1, 0.15) is 28.8 Å². The van der Waals surface area contributed by atoms with Crippen LogP contribution in [0.4, 0.5) is 0 Å². The second kappa shape index (κ2) is 6.24. The van der Waals surface area contributed by atoms with Gasteiger partial charge in [0.25, 0.3) is 5.91 Å². The van der Waals surface area contributed by atoms with Crippen molar-refractivity contribution in [1.29, 1.82) is 0 Å². The van der Waals surface area contributed by atoms with Crippen molar-refractivity contribution in [2.75, 3.05) is 19.7 Å². The van der Waals surface area contributed by atoms with E-state index in [2.05, 4.69) is 0 Å². The van der Waals surface area contributed by atoms with Crippen molar-refractivity contribution in [2.45, 2.75) is 18.4 Å². The fourth-order valence-electron chi connectivity index (χ4n) is 3.59. The summed E-state index contributed by atoms with van der Waals surface area (Å²) < 4.78 is 11.2. The predicted octanol–water partition coefficient (Wildman–Crippen LogP) is 2.75. The monoisotopic (exact) mass is 337 g/mol. The van der Waals surface area contributed by atoms with Crippen LogP contribution in [0, 0.1) is 0 Å². The Morgan fingerprint density at radius 3 is 2.48 bits per heavy atom. The van der Waals surface area contributed by atoms with Gasteiger partial charge in [-0.15, -0.1) is 0 Å². The summed E-state index contributed by atoms with van der Waals surface area (Å²) >= 11 is 0. The largest absolute Gasteiger partial charge is 0.484 e. The highest BCUT2D eigenvalue weighted by atomic mass is 16.6. The fourth-order valence-corrected chi connectivity index (χ4v) is 3.59. The molecule has 2 heterocycles. The molecule has 0 aromatic heterocycles. The molecule has 0 aliphatic carbocycles. The number of hydrogen-bond donors (Lipinski definition) is 0. The third-order valence-corrected chi connectivity index (χ3v) is 4.96. The van der Waals surface area contributed by atoms with Gasteiger partial charge in [-0.2, -0.15) is 0 Å². The third kappa shape index (κ3) is 2.86. The molecule has 25 heavy (non-hydrogen) atoms. The Balaban J connectivity index is 1.39. The Kier molecular flexibility index (Phi) is 3.92. The van der Waals surface area contributed by atoms with Crippen LogP contribution in [0.15, 0.2) is 54.6 Å². The summed E-state index contributed by atoms with van der Waals surface area (Å²) in [5.74, 6) is 0.377. The van der Waals surface area contributed by atoms with Crippen molar-refractivity contribution in [2.24, 2.45) is 0 Å². The van der Waals surface area contributed by atoms with Gasteiger partial charge in [0, 0.05) is 31.5 Å². The Morgan fingerprint density at radius 1 is 1.04 bits per heavy atom. The third-order valence-electron chi connectivity index (χ3n) is 4.96. The molecule has 0 unspecified atom stereocenters. The lowest BCUT2D eigenvalue weighted by Gasteiger charge is -2.38. The average molecular weight is 337 g/mol. The van der Waals surface area contributed by atoms with E-state index in [1.807, 2.05) is 48.5 Å². The number of rotatable bonds is 3. The maximum Gasteiger partial charge on any atom is 0.339 e. The van der Waals surface area contributed by atoms with E-state index in [1.165, 1.54) is 0 Å². The van der Waals surface area contributed by atoms with Gasteiger partial charge in [0.2, 0.25) is 0 Å². The zero-order valence-corrected chi connectivity index (χ0v) is 13.8. The Morgan fingerprint density at radius 2 is 1.72 bits per heavy atom. The van der Waals surface area contributed by atoms with Crippen molar-refractivity contribution < 1.29 is 19.1 Å². The Hall–Kier alpha value is -2.82. The molecule has 2 aliphatic heterocycles. The van der Waals surface area contributed by atoms with Crippen LogP contribution in [-0.2, 0) is 15.1 Å². The van der Waals surface area contributed by atoms with E-state index in [1.54, 1.807) is 11.0 Å². The molecular formula is C20H19NO4. The Bertz CT molecular complexity index is 794. The number of benzene rings is 2. The van der Waals surface area contributed by atoms with Crippen molar-refractivity contribution in [1.82, 2.24) is 4.90 Å². The number of nitrogens with zero attached hydrogens (tertiary/aromatic N) is 1. The van der Waals surface area contributed by atoms with E-state index in [9.17, 15) is 9.59 Å². The molecule has 1 fully saturated rings. The van der Waals surface area contributed by atoms with Gasteiger partial charge in [-0.3, -0.25) is 4.79 Å². The van der Waals surface area contributed by atoms with Crippen molar-refractivity contribution in [3.63, 3.8) is 0 Å². The van der Waals surface area contributed by atoms with Crippen LogP contribution >= 0.6 is 0 Å². The summed E-state index contributed by atoms with van der Waals surface area (Å²) in [4.78, 5) is 26.2. The van der Waals surface area contributed by atoms with Gasteiger partial charge < -0.3 is 14.4 Å². The molecule has 5 heteroatoms. The smallest absolute Gasteiger partial charge is 0.339 e. The van der Waals surface area contributed by atoms with Crippen LogP contribution in [0.5, 0.6) is 5.75 Å². The summed E-state index contributed by atoms with van der Waals surface area (Å²) in [5.41, 5.74) is 1.02. The van der Waals surface area contributed by atoms with Crippen LogP contribution in [0.2, 0.25) is 0 Å². The zero-order valence-electron chi connectivity index (χ0n) is 13.8. The molecule has 2 aromatic rings. The SMILES string of the molecule is O=C1OC2(CCN(C(=O)COc3ccccc3)CC2)c2ccccc21. The van der Waals surface area contributed by atoms with Crippen LogP contribution in [0.3, 0.4) is 0 Å². The summed E-state index contributed by atoms with van der Waals surface area (Å²) in [6.45, 7) is 1.13. The van der Waals surface area contributed by atoms with E-state index in [0.717, 1.165) is 5.56 Å². The van der Waals surface area contributed by atoms with E-state index in [4.69, 9.17) is 9.47 Å². The number of carbonyl (C=O) groups is 2. The highest BCUT2D eigenvalue weighted by molar-refractivity contribution is 5.94. The summed E-state index contributed by atoms with van der Waals surface area (Å²) in [6.07, 6.45) is 1.24. The van der Waals surface area contributed by atoms with E-state index < -0.39 is 5.60 Å². The molecule has 128 valence electrons. The number of esters is 1. The van der Waals surface area contributed by atoms with Gasteiger partial charge >= 0.3 is 5.97 Å². The fraction of sp³-hybridized carbons (Fsp3) is 0.300. The molecule has 0 saturated carbocycles. The molecule has 0 atom stereocenters. The van der Waals surface area contributed by atoms with Crippen molar-refractivity contribution in [3.8, 4) is 5.75 Å². The topological polar surface area (TPSA) is 55.8 Å². The standard InChI is InChI=1S/C20H19NO4/c22-18(14-24-15-6-2-1-3-7-15)21-12-10-20(11-13-21)17-9-5-4-8-16(17)19(23)25-20/h1-9H,10-14H2. The minimum absolute atomic E-state index is 0.0212. The van der Waals surface area contributed by atoms with Crippen LogP contribution in [0.25, 0.3) is 0 Å². The number of carbonyl (C=O) groups excluding carboxylic acids is 2. The van der Waals surface area contributed by atoms with E-state index in [0.29, 0.717) is 37.2 Å². The van der Waals surface area contributed by atoms with Gasteiger partial charge in [0.05, 0.1) is 5.56 Å². The van der Waals surface area contributed by atoms with Gasteiger partial charge in [-0.05, 0) is 18.2 Å². The van der Waals surface area contributed by atoms with Gasteiger partial charge in [-0.1, -0.05) is 36.4 Å². The van der Waals surface area contributed by atoms with Gasteiger partial charge in [0.15, 0.2) is 6.61 Å². The van der Waals surface area contributed by atoms with E-state index >= 15 is 0 Å². The quantitative estimate of drug-likeness (QED) is 0.808. The van der Waals surface area contributed by atoms with Crippen LogP contribution in [-0.4, -0.2) is 36.5 Å². The first-order valence-electron chi connectivity index (χ1n) is 8.46. The first kappa shape index (κ1) is 15.7. The number of amides is 1. The van der Waals surface area contributed by atoms with Crippen molar-refractivity contribution in [3.05, 3.63) is 65.7 Å². The molecule has 0 bridgehead atoms. The molecule has 5 nitrogen and oxygen atoms in total. The average Bonchev–Trinajstić information content (AvgIpc) is 2.93. The number of hydrogen-bond acceptors (Lipinski definition) is 4. The lowest BCUT2D eigenvalue weighted by molar-refractivity contribution is -0.137. The number of fused-ring (bicyclic) bond motifs is 2. The second-order valence-electron chi connectivity index (χ2n) is 6.41. The molecule has 1 spiro atoms. The number of piperidine rings is 1. The molecule has 2 aromatic carbocycles. The molecule has 1 saturated heterocycles. The summed E-state index contributed by atoms with van der Waals surface area (Å²) in [5, 5.41) is 0. The highest BCUT2D eigenvalue weighted by Crippen LogP contribution is 2.43. The van der Waals surface area contributed by atoms with Crippen molar-refractivity contribution >= 4 is 11.9 Å². The normalized spacial score (nSPS) is 17.9. The number of likely N-dealkylation sites (tertiary alicyclic amines) is 1. The molecule has 0 N–H and O–H groups in total. The lowest BCUT2D eigenvalue weighted by atomic mass is 9.84. The highest BCUT2D eigenvalue weighted by Gasteiger charge is 2.47. The summed E-state index contributed by atoms with van der Waals surface area (Å²) in [6, 6.07) is 16.8. The number of para-hydroxylation sites is 1. The first-order chi connectivity index (χ1) is 12.2. The second-order valence-corrected chi connectivity index (χ2v) is 6.41. The lowest BCUT2D eigenvalue weighted by Crippen LogP contribution is -2.46. The minimum Gasteiger partial charge on any atom is -0.484 e. The maximum absolute atomic E-state index is 12.4.